The third kappa shape index (κ3) is 4.69. The van der Waals surface area contributed by atoms with Crippen LogP contribution in [0.3, 0.4) is 0 Å². The highest BCUT2D eigenvalue weighted by molar-refractivity contribution is 5.95. The van der Waals surface area contributed by atoms with E-state index in [9.17, 15) is 18.0 Å². The Kier molecular flexibility index (Phi) is 5.56. The summed E-state index contributed by atoms with van der Waals surface area (Å²) in [5, 5.41) is 0. The second-order valence-corrected chi connectivity index (χ2v) is 7.08. The topological polar surface area (TPSA) is 23.6 Å². The lowest BCUT2D eigenvalue weighted by atomic mass is 10.0. The quantitative estimate of drug-likeness (QED) is 0.798. The summed E-state index contributed by atoms with van der Waals surface area (Å²) in [5.74, 6) is 0.0231. The number of hydrogen-bond donors (Lipinski definition) is 0. The van der Waals surface area contributed by atoms with Crippen molar-refractivity contribution in [2.45, 2.75) is 26.6 Å². The van der Waals surface area contributed by atoms with Gasteiger partial charge >= 0.3 is 6.18 Å². The third-order valence-corrected chi connectivity index (χ3v) is 4.94. The smallest absolute Gasteiger partial charge is 0.336 e. The Morgan fingerprint density at radius 1 is 1.00 bits per heavy atom. The van der Waals surface area contributed by atoms with Crippen LogP contribution in [-0.2, 0) is 12.7 Å². The fraction of sp³-hybridized carbons (Fsp3) is 0.381. The van der Waals surface area contributed by atoms with Crippen molar-refractivity contribution in [2.24, 2.45) is 0 Å². The zero-order valence-electron chi connectivity index (χ0n) is 15.5. The first-order valence-electron chi connectivity index (χ1n) is 8.99. The van der Waals surface area contributed by atoms with Crippen LogP contribution >= 0.6 is 0 Å². The molecular formula is C21H23F3N2O. The minimum Gasteiger partial charge on any atom is -0.336 e. The van der Waals surface area contributed by atoms with Gasteiger partial charge in [-0.15, -0.1) is 0 Å². The molecule has 1 aliphatic heterocycles. The Morgan fingerprint density at radius 3 is 2.37 bits per heavy atom. The summed E-state index contributed by atoms with van der Waals surface area (Å²) >= 11 is 0. The van der Waals surface area contributed by atoms with Gasteiger partial charge in [-0.1, -0.05) is 35.9 Å². The van der Waals surface area contributed by atoms with E-state index in [0.717, 1.165) is 22.8 Å². The van der Waals surface area contributed by atoms with Crippen molar-refractivity contribution < 1.29 is 18.0 Å². The van der Waals surface area contributed by atoms with Crippen LogP contribution in [0.5, 0.6) is 0 Å². The van der Waals surface area contributed by atoms with Gasteiger partial charge in [-0.2, -0.15) is 13.2 Å². The van der Waals surface area contributed by atoms with Gasteiger partial charge in [0.2, 0.25) is 0 Å². The predicted octanol–water partition coefficient (Wildman–Crippen LogP) is 4.28. The van der Waals surface area contributed by atoms with Gasteiger partial charge < -0.3 is 4.90 Å². The largest absolute Gasteiger partial charge is 0.416 e. The molecule has 2 aromatic carbocycles. The van der Waals surface area contributed by atoms with Crippen molar-refractivity contribution in [2.75, 3.05) is 26.2 Å². The fourth-order valence-electron chi connectivity index (χ4n) is 3.35. The normalized spacial score (nSPS) is 15.8. The van der Waals surface area contributed by atoms with Crippen LogP contribution in [0.25, 0.3) is 0 Å². The predicted molar refractivity (Wildman–Crippen MR) is 98.5 cm³/mol. The molecule has 1 amide bonds. The van der Waals surface area contributed by atoms with E-state index >= 15 is 0 Å². The Hall–Kier alpha value is -2.34. The number of nitrogens with zero attached hydrogens (tertiary/aromatic N) is 2. The maximum absolute atomic E-state index is 12.9. The van der Waals surface area contributed by atoms with E-state index in [4.69, 9.17) is 0 Å². The molecule has 0 saturated carbocycles. The van der Waals surface area contributed by atoms with Crippen LogP contribution in [0.15, 0.2) is 42.5 Å². The van der Waals surface area contributed by atoms with Gasteiger partial charge in [0, 0.05) is 38.3 Å². The molecule has 0 bridgehead atoms. The monoisotopic (exact) mass is 376 g/mol. The van der Waals surface area contributed by atoms with Crippen LogP contribution in [0, 0.1) is 13.8 Å². The molecule has 1 heterocycles. The Balaban J connectivity index is 1.61. The minimum absolute atomic E-state index is 0.0231. The zero-order chi connectivity index (χ0) is 19.6. The molecule has 1 saturated heterocycles. The summed E-state index contributed by atoms with van der Waals surface area (Å²) < 4.78 is 38.6. The number of amides is 1. The van der Waals surface area contributed by atoms with Gasteiger partial charge in [0.05, 0.1) is 5.56 Å². The van der Waals surface area contributed by atoms with Crippen molar-refractivity contribution in [1.82, 2.24) is 9.80 Å². The molecule has 0 aliphatic carbocycles. The van der Waals surface area contributed by atoms with E-state index in [1.807, 2.05) is 36.9 Å². The molecule has 144 valence electrons. The van der Waals surface area contributed by atoms with Gasteiger partial charge in [-0.3, -0.25) is 9.69 Å². The van der Waals surface area contributed by atoms with Gasteiger partial charge in [0.25, 0.3) is 5.91 Å². The molecular weight excluding hydrogens is 353 g/mol. The molecule has 1 aliphatic rings. The highest BCUT2D eigenvalue weighted by Crippen LogP contribution is 2.29. The van der Waals surface area contributed by atoms with Crippen LogP contribution in [0.4, 0.5) is 13.2 Å². The molecule has 27 heavy (non-hydrogen) atoms. The molecule has 0 N–H and O–H groups in total. The average Bonchev–Trinajstić information content (AvgIpc) is 2.63. The van der Waals surface area contributed by atoms with Crippen molar-refractivity contribution >= 4 is 5.91 Å². The molecule has 3 rings (SSSR count). The molecule has 2 aromatic rings. The average molecular weight is 376 g/mol. The summed E-state index contributed by atoms with van der Waals surface area (Å²) in [6.45, 7) is 6.78. The summed E-state index contributed by atoms with van der Waals surface area (Å²) in [6.07, 6.45) is -4.33. The Labute approximate surface area is 157 Å². The van der Waals surface area contributed by atoms with E-state index in [2.05, 4.69) is 4.90 Å². The summed E-state index contributed by atoms with van der Waals surface area (Å²) in [7, 11) is 0. The lowest BCUT2D eigenvalue weighted by Crippen LogP contribution is -2.48. The SMILES string of the molecule is Cc1ccc(C)c(C(=O)N2CCN(Cc3cccc(C(F)(F)F)c3)CC2)c1. The summed E-state index contributed by atoms with van der Waals surface area (Å²) in [5.41, 5.74) is 2.74. The van der Waals surface area contributed by atoms with E-state index in [0.29, 0.717) is 38.3 Å². The molecule has 0 aromatic heterocycles. The first-order valence-corrected chi connectivity index (χ1v) is 8.99. The van der Waals surface area contributed by atoms with Crippen LogP contribution in [-0.4, -0.2) is 41.9 Å². The lowest BCUT2D eigenvalue weighted by Gasteiger charge is -2.35. The van der Waals surface area contributed by atoms with E-state index in [-0.39, 0.29) is 5.91 Å². The maximum Gasteiger partial charge on any atom is 0.416 e. The number of carbonyl (C=O) groups excluding carboxylic acids is 1. The maximum atomic E-state index is 12.9. The van der Waals surface area contributed by atoms with Crippen molar-refractivity contribution in [3.8, 4) is 0 Å². The first-order chi connectivity index (χ1) is 12.7. The second kappa shape index (κ2) is 7.72. The molecule has 0 spiro atoms. The lowest BCUT2D eigenvalue weighted by molar-refractivity contribution is -0.137. The molecule has 1 fully saturated rings. The molecule has 0 unspecified atom stereocenters. The summed E-state index contributed by atoms with van der Waals surface area (Å²) in [6, 6.07) is 11.3. The number of benzene rings is 2. The highest BCUT2D eigenvalue weighted by Gasteiger charge is 2.30. The second-order valence-electron chi connectivity index (χ2n) is 7.08. The number of hydrogen-bond acceptors (Lipinski definition) is 2. The van der Waals surface area contributed by atoms with Crippen molar-refractivity contribution in [3.05, 3.63) is 70.3 Å². The van der Waals surface area contributed by atoms with Crippen LogP contribution < -0.4 is 0 Å². The number of alkyl halides is 3. The van der Waals surface area contributed by atoms with E-state index in [1.54, 1.807) is 6.07 Å². The highest BCUT2D eigenvalue weighted by atomic mass is 19.4. The van der Waals surface area contributed by atoms with Gasteiger partial charge in [0.1, 0.15) is 0 Å². The van der Waals surface area contributed by atoms with Gasteiger partial charge in [-0.25, -0.2) is 0 Å². The van der Waals surface area contributed by atoms with Gasteiger partial charge in [-0.05, 0) is 37.1 Å². The first kappa shape index (κ1) is 19.4. The molecule has 3 nitrogen and oxygen atoms in total. The number of carbonyl (C=O) groups is 1. The van der Waals surface area contributed by atoms with E-state index in [1.165, 1.54) is 12.1 Å². The molecule has 0 radical (unpaired) electrons. The number of piperazine rings is 1. The minimum atomic E-state index is -4.33. The van der Waals surface area contributed by atoms with Crippen LogP contribution in [0.2, 0.25) is 0 Å². The number of aryl methyl sites for hydroxylation is 2. The number of rotatable bonds is 3. The Morgan fingerprint density at radius 2 is 1.70 bits per heavy atom. The fourth-order valence-corrected chi connectivity index (χ4v) is 3.35. The van der Waals surface area contributed by atoms with Gasteiger partial charge in [0.15, 0.2) is 0 Å². The van der Waals surface area contributed by atoms with Crippen molar-refractivity contribution in [3.63, 3.8) is 0 Å². The Bertz CT molecular complexity index is 824. The van der Waals surface area contributed by atoms with Crippen LogP contribution in [0.1, 0.15) is 32.6 Å². The van der Waals surface area contributed by atoms with E-state index < -0.39 is 11.7 Å². The standard InChI is InChI=1S/C21H23F3N2O/c1-15-6-7-16(2)19(12-15)20(27)26-10-8-25(9-11-26)14-17-4-3-5-18(13-17)21(22,23)24/h3-7,12-13H,8-11,14H2,1-2H3. The molecule has 6 heteroatoms. The molecule has 0 atom stereocenters. The zero-order valence-corrected chi connectivity index (χ0v) is 15.5. The third-order valence-electron chi connectivity index (χ3n) is 4.94. The summed E-state index contributed by atoms with van der Waals surface area (Å²) in [4.78, 5) is 16.7. The number of halogens is 3. The van der Waals surface area contributed by atoms with Crippen molar-refractivity contribution in [1.29, 1.82) is 0 Å².